The zero-order valence-corrected chi connectivity index (χ0v) is 8.97. The average Bonchev–Trinajstić information content (AvgIpc) is 2.15. The monoisotopic (exact) mass is 182 g/mol. The summed E-state index contributed by atoms with van der Waals surface area (Å²) in [6, 6.07) is 0. The summed E-state index contributed by atoms with van der Waals surface area (Å²) in [7, 11) is 2.30. The van der Waals surface area contributed by atoms with Crippen LogP contribution in [0.5, 0.6) is 0 Å². The molecule has 1 aliphatic carbocycles. The lowest BCUT2D eigenvalue weighted by Crippen LogP contribution is -2.60. The zero-order valence-electron chi connectivity index (χ0n) is 8.97. The van der Waals surface area contributed by atoms with Crippen LogP contribution in [0, 0.1) is 5.92 Å². The van der Waals surface area contributed by atoms with Crippen LogP contribution in [0.2, 0.25) is 0 Å². The summed E-state index contributed by atoms with van der Waals surface area (Å²) in [6.45, 7) is 6.02. The SMILES string of the molecule is CC1CCC2(CC1)CNCCN2C. The molecule has 2 aliphatic rings. The Labute approximate surface area is 81.7 Å². The van der Waals surface area contributed by atoms with Crippen LogP contribution in [0.1, 0.15) is 32.6 Å². The van der Waals surface area contributed by atoms with E-state index in [1.54, 1.807) is 0 Å². The number of likely N-dealkylation sites (N-methyl/N-ethyl adjacent to an activating group) is 1. The maximum atomic E-state index is 3.55. The second-order valence-electron chi connectivity index (χ2n) is 5.01. The third-order valence-corrected chi connectivity index (χ3v) is 4.09. The molecule has 2 heteroatoms. The molecule has 1 aliphatic heterocycles. The number of nitrogens with one attached hydrogen (secondary N) is 1. The van der Waals surface area contributed by atoms with Gasteiger partial charge in [0.15, 0.2) is 0 Å². The summed E-state index contributed by atoms with van der Waals surface area (Å²) in [5.74, 6) is 0.959. The highest BCUT2D eigenvalue weighted by Gasteiger charge is 2.38. The van der Waals surface area contributed by atoms with Crippen LogP contribution >= 0.6 is 0 Å². The van der Waals surface area contributed by atoms with Crippen molar-refractivity contribution < 1.29 is 0 Å². The van der Waals surface area contributed by atoms with E-state index in [-0.39, 0.29) is 0 Å². The Balaban J connectivity index is 2.01. The third-order valence-electron chi connectivity index (χ3n) is 4.09. The first-order chi connectivity index (χ1) is 6.23. The van der Waals surface area contributed by atoms with E-state index >= 15 is 0 Å². The minimum atomic E-state index is 0.519. The summed E-state index contributed by atoms with van der Waals surface area (Å²) < 4.78 is 0. The molecule has 0 aromatic rings. The lowest BCUT2D eigenvalue weighted by atomic mass is 9.75. The molecule has 2 fully saturated rings. The van der Waals surface area contributed by atoms with Crippen LogP contribution in [0.25, 0.3) is 0 Å². The van der Waals surface area contributed by atoms with Crippen molar-refractivity contribution in [3.63, 3.8) is 0 Å². The van der Waals surface area contributed by atoms with Gasteiger partial charge in [-0.05, 0) is 38.6 Å². The Morgan fingerprint density at radius 3 is 2.62 bits per heavy atom. The molecule has 76 valence electrons. The first-order valence-electron chi connectivity index (χ1n) is 5.65. The molecule has 0 radical (unpaired) electrons. The van der Waals surface area contributed by atoms with Gasteiger partial charge in [0.05, 0.1) is 0 Å². The molecule has 0 amide bonds. The quantitative estimate of drug-likeness (QED) is 0.610. The highest BCUT2D eigenvalue weighted by atomic mass is 15.2. The summed E-state index contributed by atoms with van der Waals surface area (Å²) in [5, 5.41) is 3.55. The summed E-state index contributed by atoms with van der Waals surface area (Å²) in [4.78, 5) is 2.59. The van der Waals surface area contributed by atoms with E-state index < -0.39 is 0 Å². The maximum Gasteiger partial charge on any atom is 0.0331 e. The van der Waals surface area contributed by atoms with Gasteiger partial charge in [-0.25, -0.2) is 0 Å². The largest absolute Gasteiger partial charge is 0.314 e. The number of piperazine rings is 1. The standard InChI is InChI=1S/C11H22N2/c1-10-3-5-11(6-4-10)9-12-7-8-13(11)2/h10,12H,3-9H2,1-2H3. The van der Waals surface area contributed by atoms with Gasteiger partial charge in [0, 0.05) is 25.2 Å². The summed E-state index contributed by atoms with van der Waals surface area (Å²) in [6.07, 6.45) is 5.65. The molecule has 1 saturated heterocycles. The number of rotatable bonds is 0. The predicted octanol–water partition coefficient (Wildman–Crippen LogP) is 1.47. The van der Waals surface area contributed by atoms with E-state index in [1.165, 1.54) is 45.3 Å². The molecular weight excluding hydrogens is 160 g/mol. The second kappa shape index (κ2) is 3.58. The van der Waals surface area contributed by atoms with Gasteiger partial charge in [0.2, 0.25) is 0 Å². The molecule has 2 rings (SSSR count). The van der Waals surface area contributed by atoms with Crippen molar-refractivity contribution in [1.29, 1.82) is 0 Å². The smallest absolute Gasteiger partial charge is 0.0331 e. The van der Waals surface area contributed by atoms with Gasteiger partial charge < -0.3 is 5.32 Å². The lowest BCUT2D eigenvalue weighted by Gasteiger charge is -2.49. The van der Waals surface area contributed by atoms with E-state index in [1.807, 2.05) is 0 Å². The molecule has 1 heterocycles. The Morgan fingerprint density at radius 2 is 2.00 bits per heavy atom. The number of nitrogens with zero attached hydrogens (tertiary/aromatic N) is 1. The molecule has 0 aromatic carbocycles. The Morgan fingerprint density at radius 1 is 1.31 bits per heavy atom. The normalized spacial score (nSPS) is 42.5. The molecule has 0 aromatic heterocycles. The molecule has 0 bridgehead atoms. The maximum absolute atomic E-state index is 3.55. The lowest BCUT2D eigenvalue weighted by molar-refractivity contribution is 0.0391. The molecule has 1 saturated carbocycles. The molecule has 1 N–H and O–H groups in total. The van der Waals surface area contributed by atoms with Gasteiger partial charge in [-0.15, -0.1) is 0 Å². The molecule has 2 nitrogen and oxygen atoms in total. The van der Waals surface area contributed by atoms with Crippen LogP contribution < -0.4 is 5.32 Å². The van der Waals surface area contributed by atoms with E-state index in [2.05, 4.69) is 24.2 Å². The molecule has 0 unspecified atom stereocenters. The van der Waals surface area contributed by atoms with Crippen LogP contribution in [0.4, 0.5) is 0 Å². The van der Waals surface area contributed by atoms with Gasteiger partial charge >= 0.3 is 0 Å². The van der Waals surface area contributed by atoms with E-state index in [0.29, 0.717) is 5.54 Å². The van der Waals surface area contributed by atoms with Gasteiger partial charge in [0.25, 0.3) is 0 Å². The zero-order chi connectivity index (χ0) is 9.31. The van der Waals surface area contributed by atoms with Crippen molar-refractivity contribution >= 4 is 0 Å². The van der Waals surface area contributed by atoms with Gasteiger partial charge in [0.1, 0.15) is 0 Å². The van der Waals surface area contributed by atoms with Crippen LogP contribution in [0.3, 0.4) is 0 Å². The van der Waals surface area contributed by atoms with Crippen molar-refractivity contribution in [2.45, 2.75) is 38.1 Å². The van der Waals surface area contributed by atoms with Gasteiger partial charge in [-0.3, -0.25) is 4.90 Å². The Bertz CT molecular complexity index is 171. The highest BCUT2D eigenvalue weighted by molar-refractivity contribution is 4.97. The molecule has 1 spiro atoms. The van der Waals surface area contributed by atoms with Crippen molar-refractivity contribution in [2.24, 2.45) is 5.92 Å². The fraction of sp³-hybridized carbons (Fsp3) is 1.00. The fourth-order valence-electron chi connectivity index (χ4n) is 2.80. The third kappa shape index (κ3) is 1.75. The first-order valence-corrected chi connectivity index (χ1v) is 5.65. The average molecular weight is 182 g/mol. The number of hydrogen-bond acceptors (Lipinski definition) is 2. The van der Waals surface area contributed by atoms with Gasteiger partial charge in [-0.1, -0.05) is 6.92 Å². The summed E-state index contributed by atoms with van der Waals surface area (Å²) in [5.41, 5.74) is 0.519. The topological polar surface area (TPSA) is 15.3 Å². The highest BCUT2D eigenvalue weighted by Crippen LogP contribution is 2.36. The van der Waals surface area contributed by atoms with E-state index in [4.69, 9.17) is 0 Å². The Hall–Kier alpha value is -0.0800. The summed E-state index contributed by atoms with van der Waals surface area (Å²) >= 11 is 0. The van der Waals surface area contributed by atoms with Crippen LogP contribution in [-0.4, -0.2) is 37.1 Å². The number of hydrogen-bond donors (Lipinski definition) is 1. The van der Waals surface area contributed by atoms with E-state index in [0.717, 1.165) is 5.92 Å². The van der Waals surface area contributed by atoms with Crippen molar-refractivity contribution in [1.82, 2.24) is 10.2 Å². The van der Waals surface area contributed by atoms with Crippen molar-refractivity contribution in [2.75, 3.05) is 26.7 Å². The Kier molecular flexibility index (Phi) is 2.61. The molecular formula is C11H22N2. The first kappa shape index (κ1) is 9.47. The fourth-order valence-corrected chi connectivity index (χ4v) is 2.80. The minimum Gasteiger partial charge on any atom is -0.314 e. The van der Waals surface area contributed by atoms with Crippen molar-refractivity contribution in [3.05, 3.63) is 0 Å². The van der Waals surface area contributed by atoms with Crippen LogP contribution in [0.15, 0.2) is 0 Å². The molecule has 0 atom stereocenters. The predicted molar refractivity (Wildman–Crippen MR) is 55.9 cm³/mol. The second-order valence-corrected chi connectivity index (χ2v) is 5.01. The molecule has 13 heavy (non-hydrogen) atoms. The van der Waals surface area contributed by atoms with Gasteiger partial charge in [-0.2, -0.15) is 0 Å². The minimum absolute atomic E-state index is 0.519. The van der Waals surface area contributed by atoms with Crippen molar-refractivity contribution in [3.8, 4) is 0 Å². The van der Waals surface area contributed by atoms with E-state index in [9.17, 15) is 0 Å². The van der Waals surface area contributed by atoms with Crippen LogP contribution in [-0.2, 0) is 0 Å².